The quantitative estimate of drug-likeness (QED) is 0.487. The number of thiocarbonyl (C=S) groups is 1. The first-order chi connectivity index (χ1) is 11.5. The van der Waals surface area contributed by atoms with Gasteiger partial charge in [0.05, 0.1) is 5.69 Å². The smallest absolute Gasteiger partial charge is 0.270 e. The molecule has 1 aromatic heterocycles. The lowest BCUT2D eigenvalue weighted by molar-refractivity contribution is -0.122. The van der Waals surface area contributed by atoms with Gasteiger partial charge in [0.15, 0.2) is 5.11 Å². The van der Waals surface area contributed by atoms with E-state index in [4.69, 9.17) is 23.8 Å². The molecule has 0 aliphatic carbocycles. The summed E-state index contributed by atoms with van der Waals surface area (Å²) in [4.78, 5) is 39.6. The predicted octanol–water partition coefficient (Wildman–Crippen LogP) is 1.86. The monoisotopic (exact) mass is 359 g/mol. The predicted molar refractivity (Wildman–Crippen MR) is 94.7 cm³/mol. The van der Waals surface area contributed by atoms with Gasteiger partial charge in [-0.05, 0) is 54.2 Å². The Morgan fingerprint density at radius 3 is 2.38 bits per heavy atom. The highest BCUT2D eigenvalue weighted by molar-refractivity contribution is 7.80. The number of benzene rings is 1. The van der Waals surface area contributed by atoms with Gasteiger partial charge >= 0.3 is 0 Å². The number of hydrogen-bond donors (Lipinski definition) is 2. The first-order valence-corrected chi connectivity index (χ1v) is 7.60. The molecule has 1 aliphatic heterocycles. The minimum atomic E-state index is -0.596. The molecule has 6 nitrogen and oxygen atoms in total. The highest BCUT2D eigenvalue weighted by Crippen LogP contribution is 2.23. The number of rotatable bonds is 2. The number of anilines is 1. The van der Waals surface area contributed by atoms with Crippen LogP contribution in [0.5, 0.6) is 0 Å². The van der Waals surface area contributed by atoms with Crippen molar-refractivity contribution in [2.75, 3.05) is 4.90 Å². The number of halogens is 1. The minimum absolute atomic E-state index is 0.00839. The third-order valence-electron chi connectivity index (χ3n) is 3.31. The average molecular weight is 360 g/mol. The van der Waals surface area contributed by atoms with Gasteiger partial charge in [0.1, 0.15) is 5.57 Å². The Hall–Kier alpha value is -2.77. The molecule has 1 aromatic carbocycles. The number of carbonyl (C=O) groups excluding carboxylic acids is 2. The van der Waals surface area contributed by atoms with E-state index in [1.165, 1.54) is 29.3 Å². The Morgan fingerprint density at radius 2 is 1.75 bits per heavy atom. The van der Waals surface area contributed by atoms with Gasteiger partial charge in [-0.2, -0.15) is 0 Å². The summed E-state index contributed by atoms with van der Waals surface area (Å²) in [5, 5.41) is 2.99. The van der Waals surface area contributed by atoms with Crippen LogP contribution in [-0.2, 0) is 9.59 Å². The van der Waals surface area contributed by atoms with Gasteiger partial charge in [-0.3, -0.25) is 24.6 Å². The molecular weight excluding hydrogens is 350 g/mol. The first kappa shape index (κ1) is 16.1. The summed E-state index contributed by atoms with van der Waals surface area (Å²) in [6.45, 7) is 0. The van der Waals surface area contributed by atoms with E-state index in [9.17, 15) is 14.4 Å². The van der Waals surface area contributed by atoms with Crippen molar-refractivity contribution in [1.82, 2.24) is 10.3 Å². The maximum absolute atomic E-state index is 12.7. The second kappa shape index (κ2) is 6.38. The van der Waals surface area contributed by atoms with Gasteiger partial charge in [0.2, 0.25) is 5.56 Å². The zero-order chi connectivity index (χ0) is 17.3. The van der Waals surface area contributed by atoms with Crippen LogP contribution in [0.15, 0.2) is 53.0 Å². The number of hydrogen-bond acceptors (Lipinski definition) is 4. The fraction of sp³-hybridized carbons (Fsp3) is 0. The van der Waals surface area contributed by atoms with E-state index in [0.717, 1.165) is 0 Å². The van der Waals surface area contributed by atoms with Gasteiger partial charge in [0, 0.05) is 17.3 Å². The fourth-order valence-electron chi connectivity index (χ4n) is 2.16. The summed E-state index contributed by atoms with van der Waals surface area (Å²) in [7, 11) is 0. The lowest BCUT2D eigenvalue weighted by atomic mass is 10.1. The van der Waals surface area contributed by atoms with Crippen LogP contribution in [-0.4, -0.2) is 21.9 Å². The molecule has 1 aliphatic rings. The number of amides is 2. The molecule has 24 heavy (non-hydrogen) atoms. The van der Waals surface area contributed by atoms with Gasteiger partial charge in [-0.1, -0.05) is 11.6 Å². The molecule has 8 heteroatoms. The molecule has 1 fully saturated rings. The highest BCUT2D eigenvalue weighted by Gasteiger charge is 2.34. The van der Waals surface area contributed by atoms with E-state index in [-0.39, 0.29) is 16.2 Å². The molecule has 0 unspecified atom stereocenters. The molecule has 2 amide bonds. The molecule has 3 rings (SSSR count). The van der Waals surface area contributed by atoms with Crippen LogP contribution in [0.2, 0.25) is 5.02 Å². The first-order valence-electron chi connectivity index (χ1n) is 6.81. The van der Waals surface area contributed by atoms with Crippen LogP contribution in [0.4, 0.5) is 5.69 Å². The topological polar surface area (TPSA) is 82.3 Å². The lowest BCUT2D eigenvalue weighted by Gasteiger charge is -2.28. The molecule has 0 atom stereocenters. The maximum Gasteiger partial charge on any atom is 0.270 e. The second-order valence-electron chi connectivity index (χ2n) is 4.92. The Bertz CT molecular complexity index is 914. The summed E-state index contributed by atoms with van der Waals surface area (Å²) in [5.41, 5.74) is 0.630. The van der Waals surface area contributed by atoms with Gasteiger partial charge in [-0.15, -0.1) is 0 Å². The summed E-state index contributed by atoms with van der Waals surface area (Å²) in [6.07, 6.45) is 2.80. The Kier molecular flexibility index (Phi) is 4.28. The number of pyridine rings is 1. The van der Waals surface area contributed by atoms with Gasteiger partial charge in [-0.25, -0.2) is 0 Å². The lowest BCUT2D eigenvalue weighted by Crippen LogP contribution is -2.54. The number of nitrogens with one attached hydrogen (secondary N) is 2. The zero-order valence-electron chi connectivity index (χ0n) is 12.1. The zero-order valence-corrected chi connectivity index (χ0v) is 13.6. The van der Waals surface area contributed by atoms with Crippen LogP contribution in [0, 0.1) is 0 Å². The van der Waals surface area contributed by atoms with E-state index in [1.807, 2.05) is 0 Å². The van der Waals surface area contributed by atoms with Crippen LogP contribution >= 0.6 is 23.8 Å². The van der Waals surface area contributed by atoms with Crippen molar-refractivity contribution in [1.29, 1.82) is 0 Å². The molecule has 2 N–H and O–H groups in total. The van der Waals surface area contributed by atoms with Gasteiger partial charge in [0.25, 0.3) is 11.8 Å². The van der Waals surface area contributed by atoms with Crippen molar-refractivity contribution in [2.24, 2.45) is 0 Å². The largest absolute Gasteiger partial charge is 0.329 e. The molecule has 0 spiro atoms. The molecule has 0 saturated carbocycles. The molecule has 1 saturated heterocycles. The third-order valence-corrected chi connectivity index (χ3v) is 3.84. The summed E-state index contributed by atoms with van der Waals surface area (Å²) in [6, 6.07) is 9.30. The van der Waals surface area contributed by atoms with Crippen LogP contribution in [0.1, 0.15) is 5.56 Å². The van der Waals surface area contributed by atoms with Crippen molar-refractivity contribution >= 4 is 52.5 Å². The Balaban J connectivity index is 2.01. The second-order valence-corrected chi connectivity index (χ2v) is 5.74. The van der Waals surface area contributed by atoms with E-state index in [1.54, 1.807) is 24.3 Å². The third kappa shape index (κ3) is 3.12. The van der Waals surface area contributed by atoms with Gasteiger partial charge < -0.3 is 4.98 Å². The van der Waals surface area contributed by atoms with Crippen LogP contribution in [0.25, 0.3) is 6.08 Å². The SMILES string of the molecule is O=C1NC(=S)N(c2ccc(Cl)cc2)C(=O)/C1=C\c1ccc(=O)[nH]c1. The highest BCUT2D eigenvalue weighted by atomic mass is 35.5. The van der Waals surface area contributed by atoms with Crippen LogP contribution < -0.4 is 15.8 Å². The van der Waals surface area contributed by atoms with Crippen molar-refractivity contribution in [3.05, 3.63) is 69.1 Å². The van der Waals surface area contributed by atoms with E-state index in [2.05, 4.69) is 10.3 Å². The molecule has 2 aromatic rings. The summed E-state index contributed by atoms with van der Waals surface area (Å²) >= 11 is 10.9. The van der Waals surface area contributed by atoms with Crippen molar-refractivity contribution in [3.8, 4) is 0 Å². The van der Waals surface area contributed by atoms with Crippen molar-refractivity contribution in [2.45, 2.75) is 0 Å². The normalized spacial score (nSPS) is 16.5. The molecule has 0 radical (unpaired) electrons. The van der Waals surface area contributed by atoms with Crippen molar-refractivity contribution in [3.63, 3.8) is 0 Å². The number of carbonyl (C=O) groups is 2. The standard InChI is InChI=1S/C16H10ClN3O3S/c17-10-2-4-11(5-3-10)20-15(23)12(14(22)19-16(20)24)7-9-1-6-13(21)18-8-9/h1-8H,(H,18,21)(H,19,22,24)/b12-7-. The van der Waals surface area contributed by atoms with E-state index < -0.39 is 11.8 Å². The number of aromatic amines is 1. The number of H-pyrrole nitrogens is 1. The Morgan fingerprint density at radius 1 is 1.04 bits per heavy atom. The van der Waals surface area contributed by atoms with Crippen molar-refractivity contribution < 1.29 is 9.59 Å². The summed E-state index contributed by atoms with van der Waals surface area (Å²) < 4.78 is 0. The van der Waals surface area contributed by atoms with E-state index >= 15 is 0 Å². The summed E-state index contributed by atoms with van der Waals surface area (Å²) in [5.74, 6) is -1.15. The van der Waals surface area contributed by atoms with Crippen LogP contribution in [0.3, 0.4) is 0 Å². The molecule has 0 bridgehead atoms. The Labute approximate surface area is 146 Å². The number of nitrogens with zero attached hydrogens (tertiary/aromatic N) is 1. The number of aromatic nitrogens is 1. The fourth-order valence-corrected chi connectivity index (χ4v) is 2.57. The molecule has 120 valence electrons. The van der Waals surface area contributed by atoms with E-state index in [0.29, 0.717) is 16.3 Å². The molecular formula is C16H10ClN3O3S. The average Bonchev–Trinajstić information content (AvgIpc) is 2.55. The molecule has 2 heterocycles. The minimum Gasteiger partial charge on any atom is -0.329 e. The maximum atomic E-state index is 12.7.